The van der Waals surface area contributed by atoms with Gasteiger partial charge in [-0.1, -0.05) is 11.6 Å². The fraction of sp³-hybridized carbons (Fsp3) is 0.250. The first kappa shape index (κ1) is 16.1. The summed E-state index contributed by atoms with van der Waals surface area (Å²) in [6.45, 7) is 5.79. The summed E-state index contributed by atoms with van der Waals surface area (Å²) in [5, 5.41) is 0.858. The summed E-state index contributed by atoms with van der Waals surface area (Å²) in [7, 11) is 0. The number of nitrogens with two attached hydrogens (primary N) is 1. The first-order chi connectivity index (χ1) is 10.5. The first-order valence-electron chi connectivity index (χ1n) is 6.96. The molecule has 0 bridgehead atoms. The zero-order valence-corrected chi connectivity index (χ0v) is 13.2. The Labute approximate surface area is 133 Å². The van der Waals surface area contributed by atoms with Gasteiger partial charge in [-0.3, -0.25) is 4.79 Å². The van der Waals surface area contributed by atoms with Crippen molar-refractivity contribution >= 4 is 40.2 Å². The predicted molar refractivity (Wildman–Crippen MR) is 89.3 cm³/mol. The van der Waals surface area contributed by atoms with E-state index in [1.807, 2.05) is 6.07 Å². The Hall–Kier alpha value is -2.27. The van der Waals surface area contributed by atoms with Crippen LogP contribution in [0.2, 0.25) is 5.02 Å². The van der Waals surface area contributed by atoms with Crippen molar-refractivity contribution in [2.24, 2.45) is 5.73 Å². The van der Waals surface area contributed by atoms with Crippen LogP contribution >= 0.6 is 11.6 Å². The Morgan fingerprint density at radius 1 is 1.36 bits per heavy atom. The average molecular weight is 321 g/mol. The van der Waals surface area contributed by atoms with Crippen molar-refractivity contribution < 1.29 is 9.21 Å². The minimum Gasteiger partial charge on any atom is -0.422 e. The van der Waals surface area contributed by atoms with Gasteiger partial charge in [0.15, 0.2) is 0 Å². The van der Waals surface area contributed by atoms with E-state index in [0.717, 1.165) is 24.9 Å². The summed E-state index contributed by atoms with van der Waals surface area (Å²) in [6.07, 6.45) is 2.35. The van der Waals surface area contributed by atoms with Gasteiger partial charge in [-0.2, -0.15) is 0 Å². The van der Waals surface area contributed by atoms with E-state index in [4.69, 9.17) is 21.8 Å². The van der Waals surface area contributed by atoms with Crippen LogP contribution in [0.15, 0.2) is 33.5 Å². The van der Waals surface area contributed by atoms with E-state index in [-0.39, 0.29) is 10.6 Å². The molecule has 0 saturated heterocycles. The number of nitrogens with zero attached hydrogens (tertiary/aromatic N) is 1. The van der Waals surface area contributed by atoms with Gasteiger partial charge in [-0.25, -0.2) is 4.79 Å². The Balaban J connectivity index is 2.61. The second-order valence-electron chi connectivity index (χ2n) is 4.71. The summed E-state index contributed by atoms with van der Waals surface area (Å²) in [4.78, 5) is 25.0. The van der Waals surface area contributed by atoms with Crippen LogP contribution in [0.3, 0.4) is 0 Å². The molecule has 0 aliphatic rings. The molecule has 1 heterocycles. The summed E-state index contributed by atoms with van der Waals surface area (Å²) in [6, 6.07) is 5.51. The minimum absolute atomic E-state index is 0.114. The lowest BCUT2D eigenvalue weighted by molar-refractivity contribution is -0.113. The molecule has 1 amide bonds. The Bertz CT molecular complexity index is 792. The van der Waals surface area contributed by atoms with Crippen molar-refractivity contribution in [3.8, 4) is 0 Å². The van der Waals surface area contributed by atoms with E-state index in [0.29, 0.717) is 11.0 Å². The average Bonchev–Trinajstić information content (AvgIpc) is 2.47. The number of amides is 1. The van der Waals surface area contributed by atoms with Gasteiger partial charge in [0.2, 0.25) is 5.91 Å². The summed E-state index contributed by atoms with van der Waals surface area (Å²) >= 11 is 6.25. The van der Waals surface area contributed by atoms with Crippen LogP contribution in [0.25, 0.3) is 17.0 Å². The number of benzene rings is 1. The Morgan fingerprint density at radius 2 is 2.05 bits per heavy atom. The molecular formula is C16H17ClN2O3. The number of anilines is 1. The molecule has 0 aliphatic carbocycles. The highest BCUT2D eigenvalue weighted by atomic mass is 35.5. The van der Waals surface area contributed by atoms with Gasteiger partial charge in [0.05, 0.1) is 10.6 Å². The van der Waals surface area contributed by atoms with Crippen molar-refractivity contribution in [1.82, 2.24) is 0 Å². The van der Waals surface area contributed by atoms with Gasteiger partial charge >= 0.3 is 5.63 Å². The number of primary amides is 1. The zero-order chi connectivity index (χ0) is 16.3. The van der Waals surface area contributed by atoms with Crippen LogP contribution < -0.4 is 16.3 Å². The fourth-order valence-corrected chi connectivity index (χ4v) is 2.55. The Morgan fingerprint density at radius 3 is 2.64 bits per heavy atom. The van der Waals surface area contributed by atoms with E-state index < -0.39 is 11.5 Å². The minimum atomic E-state index is -0.660. The van der Waals surface area contributed by atoms with E-state index in [2.05, 4.69) is 18.7 Å². The molecular weight excluding hydrogens is 304 g/mol. The molecule has 116 valence electrons. The molecule has 22 heavy (non-hydrogen) atoms. The molecule has 0 unspecified atom stereocenters. The van der Waals surface area contributed by atoms with Crippen LogP contribution in [0, 0.1) is 0 Å². The molecule has 1 aromatic carbocycles. The lowest BCUT2D eigenvalue weighted by Crippen LogP contribution is -2.21. The third kappa shape index (κ3) is 3.14. The largest absolute Gasteiger partial charge is 0.422 e. The Kier molecular flexibility index (Phi) is 4.88. The maximum atomic E-state index is 12.0. The second kappa shape index (κ2) is 6.66. The van der Waals surface area contributed by atoms with Crippen molar-refractivity contribution in [3.63, 3.8) is 0 Å². The third-order valence-electron chi connectivity index (χ3n) is 3.40. The highest BCUT2D eigenvalue weighted by Crippen LogP contribution is 2.29. The van der Waals surface area contributed by atoms with Gasteiger partial charge in [-0.05, 0) is 32.1 Å². The lowest BCUT2D eigenvalue weighted by Gasteiger charge is -2.21. The van der Waals surface area contributed by atoms with Gasteiger partial charge in [-0.15, -0.1) is 0 Å². The maximum Gasteiger partial charge on any atom is 0.345 e. The van der Waals surface area contributed by atoms with E-state index >= 15 is 0 Å². The number of hydrogen-bond acceptors (Lipinski definition) is 4. The highest BCUT2D eigenvalue weighted by molar-refractivity contribution is 6.36. The smallest absolute Gasteiger partial charge is 0.345 e. The monoisotopic (exact) mass is 320 g/mol. The van der Waals surface area contributed by atoms with E-state index in [1.165, 1.54) is 6.08 Å². The summed E-state index contributed by atoms with van der Waals surface area (Å²) in [5.74, 6) is -0.660. The van der Waals surface area contributed by atoms with E-state index in [1.54, 1.807) is 12.1 Å². The maximum absolute atomic E-state index is 12.0. The predicted octanol–water partition coefficient (Wildman–Crippen LogP) is 2.79. The molecule has 0 fully saturated rings. The molecule has 2 N–H and O–H groups in total. The molecule has 5 nitrogen and oxygen atoms in total. The first-order valence-corrected chi connectivity index (χ1v) is 7.34. The van der Waals surface area contributed by atoms with Crippen LogP contribution in [-0.4, -0.2) is 19.0 Å². The van der Waals surface area contributed by atoms with Crippen molar-refractivity contribution in [3.05, 3.63) is 45.3 Å². The number of carbonyl (C=O) groups is 1. The van der Waals surface area contributed by atoms with Crippen LogP contribution in [0.4, 0.5) is 5.69 Å². The van der Waals surface area contributed by atoms with Crippen molar-refractivity contribution in [1.29, 1.82) is 0 Å². The molecule has 0 saturated carbocycles. The third-order valence-corrected chi connectivity index (χ3v) is 3.81. The number of hydrogen-bond donors (Lipinski definition) is 1. The number of rotatable bonds is 5. The molecule has 2 rings (SSSR count). The molecule has 6 heteroatoms. The standard InChI is InChI=1S/C16H17ClN2O3/c1-3-19(4-2)10-5-6-11-13(9-10)22-16(21)12(15(11)17)7-8-14(18)20/h5-9H,3-4H2,1-2H3,(H2,18,20)/b8-7+. The quantitative estimate of drug-likeness (QED) is 0.679. The number of halogens is 1. The van der Waals surface area contributed by atoms with Crippen LogP contribution in [0.5, 0.6) is 0 Å². The highest BCUT2D eigenvalue weighted by Gasteiger charge is 2.12. The summed E-state index contributed by atoms with van der Waals surface area (Å²) < 4.78 is 5.32. The van der Waals surface area contributed by atoms with Gasteiger partial charge in [0, 0.05) is 36.3 Å². The fourth-order valence-electron chi connectivity index (χ4n) is 2.26. The molecule has 0 spiro atoms. The molecule has 2 aromatic rings. The van der Waals surface area contributed by atoms with Crippen molar-refractivity contribution in [2.45, 2.75) is 13.8 Å². The van der Waals surface area contributed by atoms with Crippen molar-refractivity contribution in [2.75, 3.05) is 18.0 Å². The molecule has 0 radical (unpaired) electrons. The molecule has 0 atom stereocenters. The number of carbonyl (C=O) groups excluding carboxylic acids is 1. The topological polar surface area (TPSA) is 76.5 Å². The SMILES string of the molecule is CCN(CC)c1ccc2c(Cl)c(/C=C/C(N)=O)c(=O)oc2c1. The normalized spacial score (nSPS) is 11.2. The molecule has 1 aromatic heterocycles. The summed E-state index contributed by atoms with van der Waals surface area (Å²) in [5.41, 5.74) is 5.91. The molecule has 0 aliphatic heterocycles. The lowest BCUT2D eigenvalue weighted by atomic mass is 10.1. The number of fused-ring (bicyclic) bond motifs is 1. The second-order valence-corrected chi connectivity index (χ2v) is 5.08. The zero-order valence-electron chi connectivity index (χ0n) is 12.4. The van der Waals surface area contributed by atoms with Gasteiger partial charge < -0.3 is 15.1 Å². The van der Waals surface area contributed by atoms with Gasteiger partial charge in [0.25, 0.3) is 0 Å². The van der Waals surface area contributed by atoms with Gasteiger partial charge in [0.1, 0.15) is 5.58 Å². The van der Waals surface area contributed by atoms with Crippen LogP contribution in [0.1, 0.15) is 19.4 Å². The van der Waals surface area contributed by atoms with Crippen LogP contribution in [-0.2, 0) is 4.79 Å². The van der Waals surface area contributed by atoms with E-state index in [9.17, 15) is 9.59 Å².